The van der Waals surface area contributed by atoms with E-state index in [4.69, 9.17) is 12.2 Å². The van der Waals surface area contributed by atoms with E-state index in [9.17, 15) is 4.79 Å². The summed E-state index contributed by atoms with van der Waals surface area (Å²) < 4.78 is 1.81. The first-order chi connectivity index (χ1) is 9.22. The second kappa shape index (κ2) is 5.28. The number of H-pyrrole nitrogens is 1. The fourth-order valence-electron chi connectivity index (χ4n) is 2.09. The van der Waals surface area contributed by atoms with Gasteiger partial charge in [-0.2, -0.15) is 0 Å². The Labute approximate surface area is 119 Å². The number of benzene rings is 1. The average Bonchev–Trinajstić information content (AvgIpc) is 2.79. The molecule has 1 aromatic heterocycles. The maximum atomic E-state index is 12.1. The van der Waals surface area contributed by atoms with E-state index in [0.29, 0.717) is 0 Å². The second-order valence-electron chi connectivity index (χ2n) is 4.39. The topological polar surface area (TPSA) is 60.2 Å². The van der Waals surface area contributed by atoms with Gasteiger partial charge in [-0.25, -0.2) is 4.79 Å². The Bertz CT molecular complexity index is 657. The van der Waals surface area contributed by atoms with Crippen molar-refractivity contribution in [2.45, 2.75) is 0 Å². The number of fused-ring (bicyclic) bond motifs is 1. The molecule has 0 saturated carbocycles. The lowest BCUT2D eigenvalue weighted by atomic mass is 10.3. The first-order valence-electron chi connectivity index (χ1n) is 6.12. The number of rotatable bonds is 1. The van der Waals surface area contributed by atoms with Gasteiger partial charge in [0, 0.05) is 31.9 Å². The molecule has 0 bridgehead atoms. The summed E-state index contributed by atoms with van der Waals surface area (Å²) in [6.45, 7) is 3.20. The molecule has 1 aliphatic rings. The zero-order valence-electron chi connectivity index (χ0n) is 10.2. The Kier molecular flexibility index (Phi) is 3.50. The fraction of sp³-hybridized carbons (Fsp3) is 0.333. The van der Waals surface area contributed by atoms with Gasteiger partial charge in [0.2, 0.25) is 0 Å². The van der Waals surface area contributed by atoms with Gasteiger partial charge >= 0.3 is 6.03 Å². The number of nitrogens with zero attached hydrogens (tertiary/aromatic N) is 1. The molecule has 1 fully saturated rings. The highest BCUT2D eigenvalue weighted by Crippen LogP contribution is 2.23. The molecule has 2 amide bonds. The maximum absolute atomic E-state index is 12.1. The predicted octanol–water partition coefficient (Wildman–Crippen LogP) is 2.40. The molecule has 3 N–H and O–H groups in total. The van der Waals surface area contributed by atoms with Crippen molar-refractivity contribution in [1.82, 2.24) is 15.2 Å². The third kappa shape index (κ3) is 2.78. The lowest BCUT2D eigenvalue weighted by Crippen LogP contribution is -2.48. The van der Waals surface area contributed by atoms with Crippen molar-refractivity contribution in [2.24, 2.45) is 0 Å². The fourth-order valence-corrected chi connectivity index (χ4v) is 3.25. The number of carbonyl (C=O) groups excluding carboxylic acids is 1. The molecular formula is C12H14N4OS2. The monoisotopic (exact) mass is 294 g/mol. The van der Waals surface area contributed by atoms with Crippen molar-refractivity contribution in [3.63, 3.8) is 0 Å². The van der Waals surface area contributed by atoms with Crippen LogP contribution in [0.15, 0.2) is 18.2 Å². The van der Waals surface area contributed by atoms with Gasteiger partial charge in [0.15, 0.2) is 3.95 Å². The van der Waals surface area contributed by atoms with Crippen LogP contribution >= 0.6 is 23.6 Å². The van der Waals surface area contributed by atoms with Crippen molar-refractivity contribution >= 4 is 45.5 Å². The van der Waals surface area contributed by atoms with Crippen LogP contribution in [-0.2, 0) is 0 Å². The summed E-state index contributed by atoms with van der Waals surface area (Å²) in [5.41, 5.74) is 1.82. The highest BCUT2D eigenvalue weighted by atomic mass is 32.1. The summed E-state index contributed by atoms with van der Waals surface area (Å²) in [5.74, 6) is 0. The zero-order chi connectivity index (χ0) is 13.2. The summed E-state index contributed by atoms with van der Waals surface area (Å²) in [7, 11) is 0. The molecule has 5 nitrogen and oxygen atoms in total. The molecule has 0 atom stereocenters. The minimum absolute atomic E-state index is 0.0417. The van der Waals surface area contributed by atoms with Crippen LogP contribution < -0.4 is 10.6 Å². The van der Waals surface area contributed by atoms with Gasteiger partial charge in [-0.1, -0.05) is 0 Å². The number of thiazole rings is 1. The van der Waals surface area contributed by atoms with Crippen LogP contribution in [0.25, 0.3) is 10.2 Å². The van der Waals surface area contributed by atoms with Gasteiger partial charge in [-0.05, 0) is 30.4 Å². The van der Waals surface area contributed by atoms with Gasteiger partial charge in [0.05, 0.1) is 10.2 Å². The van der Waals surface area contributed by atoms with E-state index in [-0.39, 0.29) is 6.03 Å². The normalized spacial score (nSPS) is 15.7. The Hall–Kier alpha value is -1.44. The number of aromatic nitrogens is 1. The van der Waals surface area contributed by atoms with E-state index in [1.54, 1.807) is 0 Å². The third-order valence-corrected chi connectivity index (χ3v) is 4.27. The number of carbonyl (C=O) groups is 1. The van der Waals surface area contributed by atoms with Crippen molar-refractivity contribution in [1.29, 1.82) is 0 Å². The molecule has 2 heterocycles. The molecule has 0 unspecified atom stereocenters. The number of hydrogen-bond acceptors (Lipinski definition) is 4. The number of piperazine rings is 1. The summed E-state index contributed by atoms with van der Waals surface area (Å²) >= 11 is 6.62. The Balaban J connectivity index is 1.76. The number of amides is 2. The van der Waals surface area contributed by atoms with Crippen LogP contribution in [0.1, 0.15) is 0 Å². The van der Waals surface area contributed by atoms with Gasteiger partial charge in [-0.15, -0.1) is 11.3 Å². The van der Waals surface area contributed by atoms with E-state index in [2.05, 4.69) is 15.6 Å². The molecule has 1 saturated heterocycles. The molecule has 1 aliphatic heterocycles. The molecule has 0 radical (unpaired) electrons. The molecule has 0 aliphatic carbocycles. The van der Waals surface area contributed by atoms with Gasteiger partial charge in [0.25, 0.3) is 0 Å². The molecular weight excluding hydrogens is 280 g/mol. The number of hydrogen-bond donors (Lipinski definition) is 3. The van der Waals surface area contributed by atoms with Gasteiger partial charge < -0.3 is 20.5 Å². The molecule has 1 aromatic carbocycles. The SMILES string of the molecule is O=C(Nc1ccc2[nH]c(=S)sc2c1)N1CCNCC1. The van der Waals surface area contributed by atoms with Crippen LogP contribution in [0, 0.1) is 3.95 Å². The number of nitrogens with one attached hydrogen (secondary N) is 3. The number of urea groups is 1. The standard InChI is InChI=1S/C12H14N4OS2/c17-11(16-5-3-13-4-6-16)14-8-1-2-9-10(7-8)19-12(18)15-9/h1-2,7,13H,3-6H2,(H,14,17)(H,15,18). The highest BCUT2D eigenvalue weighted by Gasteiger charge is 2.16. The predicted molar refractivity (Wildman–Crippen MR) is 80.5 cm³/mol. The van der Waals surface area contributed by atoms with E-state index in [1.807, 2.05) is 23.1 Å². The zero-order valence-corrected chi connectivity index (χ0v) is 11.9. The number of anilines is 1. The van der Waals surface area contributed by atoms with Crippen molar-refractivity contribution in [3.8, 4) is 0 Å². The molecule has 3 rings (SSSR count). The van der Waals surface area contributed by atoms with Crippen LogP contribution in [-0.4, -0.2) is 42.1 Å². The Morgan fingerprint density at radius 2 is 2.16 bits per heavy atom. The molecule has 19 heavy (non-hydrogen) atoms. The lowest BCUT2D eigenvalue weighted by molar-refractivity contribution is 0.204. The van der Waals surface area contributed by atoms with Crippen molar-refractivity contribution in [3.05, 3.63) is 22.2 Å². The Morgan fingerprint density at radius 1 is 1.37 bits per heavy atom. The van der Waals surface area contributed by atoms with Crippen LogP contribution in [0.5, 0.6) is 0 Å². The molecule has 0 spiro atoms. The van der Waals surface area contributed by atoms with E-state index in [0.717, 1.165) is 46.0 Å². The maximum Gasteiger partial charge on any atom is 0.321 e. The van der Waals surface area contributed by atoms with E-state index >= 15 is 0 Å². The Morgan fingerprint density at radius 3 is 2.95 bits per heavy atom. The van der Waals surface area contributed by atoms with E-state index < -0.39 is 0 Å². The van der Waals surface area contributed by atoms with Gasteiger partial charge in [0.1, 0.15) is 0 Å². The molecule has 100 valence electrons. The van der Waals surface area contributed by atoms with Crippen molar-refractivity contribution < 1.29 is 4.79 Å². The summed E-state index contributed by atoms with van der Waals surface area (Å²) in [4.78, 5) is 17.0. The van der Waals surface area contributed by atoms with Gasteiger partial charge in [-0.3, -0.25) is 0 Å². The first-order valence-corrected chi connectivity index (χ1v) is 7.34. The summed E-state index contributed by atoms with van der Waals surface area (Å²) in [6, 6.07) is 5.74. The smallest absolute Gasteiger partial charge is 0.321 e. The minimum Gasteiger partial charge on any atom is -0.337 e. The van der Waals surface area contributed by atoms with E-state index in [1.165, 1.54) is 11.3 Å². The first kappa shape index (κ1) is 12.6. The van der Waals surface area contributed by atoms with Crippen molar-refractivity contribution in [2.75, 3.05) is 31.5 Å². The van der Waals surface area contributed by atoms with Crippen LogP contribution in [0.4, 0.5) is 10.5 Å². The average molecular weight is 294 g/mol. The minimum atomic E-state index is -0.0417. The lowest BCUT2D eigenvalue weighted by Gasteiger charge is -2.27. The van der Waals surface area contributed by atoms with Crippen LogP contribution in [0.2, 0.25) is 0 Å². The third-order valence-electron chi connectivity index (χ3n) is 3.08. The molecule has 7 heteroatoms. The number of aromatic amines is 1. The summed E-state index contributed by atoms with van der Waals surface area (Å²) in [5, 5.41) is 6.16. The largest absolute Gasteiger partial charge is 0.337 e. The quantitative estimate of drug-likeness (QED) is 0.708. The summed E-state index contributed by atoms with van der Waals surface area (Å²) in [6.07, 6.45) is 0. The second-order valence-corrected chi connectivity index (χ2v) is 6.11. The van der Waals surface area contributed by atoms with Crippen LogP contribution in [0.3, 0.4) is 0 Å². The highest BCUT2D eigenvalue weighted by molar-refractivity contribution is 7.73. The molecule has 2 aromatic rings.